The maximum atomic E-state index is 13.4. The molecule has 1 saturated carbocycles. The molecule has 3 aromatic rings. The molecule has 0 aliphatic heterocycles. The van der Waals surface area contributed by atoms with Crippen LogP contribution < -0.4 is 10.6 Å². The summed E-state index contributed by atoms with van der Waals surface area (Å²) in [6.07, 6.45) is 7.34. The molecule has 1 aromatic carbocycles. The summed E-state index contributed by atoms with van der Waals surface area (Å²) in [5, 5.41) is 14.1. The normalized spacial score (nSPS) is 13.8. The summed E-state index contributed by atoms with van der Waals surface area (Å²) in [5.41, 5.74) is 1.43. The number of aromatic nitrogens is 4. The lowest BCUT2D eigenvalue weighted by Crippen LogP contribution is -2.44. The SMILES string of the molecule is O=C(CSc1nnc(-c2ccncc2)n1-c1ccc(F)cc1)NC(=O)NC1CCCC1. The number of nitrogens with zero attached hydrogens (tertiary/aromatic N) is 4. The Kier molecular flexibility index (Phi) is 6.56. The molecule has 0 radical (unpaired) electrons. The van der Waals surface area contributed by atoms with E-state index in [0.29, 0.717) is 16.7 Å². The van der Waals surface area contributed by atoms with Crippen molar-refractivity contribution in [3.63, 3.8) is 0 Å². The van der Waals surface area contributed by atoms with Crippen LogP contribution in [0.1, 0.15) is 25.7 Å². The van der Waals surface area contributed by atoms with E-state index in [1.807, 2.05) is 0 Å². The average Bonchev–Trinajstić information content (AvgIpc) is 3.43. The lowest BCUT2D eigenvalue weighted by Gasteiger charge is -2.12. The number of benzene rings is 1. The first kappa shape index (κ1) is 21.0. The molecule has 1 fully saturated rings. The topological polar surface area (TPSA) is 102 Å². The monoisotopic (exact) mass is 440 g/mol. The van der Waals surface area contributed by atoms with Gasteiger partial charge in [-0.1, -0.05) is 24.6 Å². The largest absolute Gasteiger partial charge is 0.335 e. The number of imide groups is 1. The number of thioether (sulfide) groups is 1. The number of pyridine rings is 1. The lowest BCUT2D eigenvalue weighted by atomic mass is 10.2. The molecule has 0 unspecified atom stereocenters. The number of amides is 3. The molecule has 1 aliphatic rings. The van der Waals surface area contributed by atoms with E-state index in [2.05, 4.69) is 25.8 Å². The molecule has 0 saturated heterocycles. The number of carbonyl (C=O) groups excluding carboxylic acids is 2. The number of rotatable bonds is 6. The van der Waals surface area contributed by atoms with Gasteiger partial charge in [0.2, 0.25) is 5.91 Å². The van der Waals surface area contributed by atoms with Gasteiger partial charge in [0.1, 0.15) is 5.82 Å². The van der Waals surface area contributed by atoms with Gasteiger partial charge in [0.05, 0.1) is 5.75 Å². The van der Waals surface area contributed by atoms with E-state index in [4.69, 9.17) is 0 Å². The van der Waals surface area contributed by atoms with Crippen molar-refractivity contribution in [2.45, 2.75) is 36.9 Å². The number of halogens is 1. The molecule has 2 heterocycles. The fourth-order valence-electron chi connectivity index (χ4n) is 3.46. The van der Waals surface area contributed by atoms with Crippen LogP contribution in [0.2, 0.25) is 0 Å². The maximum absolute atomic E-state index is 13.4. The first-order chi connectivity index (χ1) is 15.1. The fourth-order valence-corrected chi connectivity index (χ4v) is 4.21. The van der Waals surface area contributed by atoms with Crippen LogP contribution in [0.4, 0.5) is 9.18 Å². The predicted octanol–water partition coefficient (Wildman–Crippen LogP) is 3.33. The van der Waals surface area contributed by atoms with Crippen molar-refractivity contribution in [2.24, 2.45) is 0 Å². The van der Waals surface area contributed by atoms with Gasteiger partial charge in [-0.3, -0.25) is 19.7 Å². The molecule has 2 aromatic heterocycles. The minimum atomic E-state index is -0.477. The van der Waals surface area contributed by atoms with Crippen molar-refractivity contribution in [3.05, 3.63) is 54.6 Å². The Morgan fingerprint density at radius 1 is 1.06 bits per heavy atom. The zero-order valence-corrected chi connectivity index (χ0v) is 17.4. The van der Waals surface area contributed by atoms with Gasteiger partial charge >= 0.3 is 6.03 Å². The molecule has 0 bridgehead atoms. The van der Waals surface area contributed by atoms with Crippen molar-refractivity contribution in [3.8, 4) is 17.1 Å². The molecule has 10 heteroatoms. The fraction of sp³-hybridized carbons (Fsp3) is 0.286. The average molecular weight is 441 g/mol. The number of nitrogens with one attached hydrogen (secondary N) is 2. The minimum Gasteiger partial charge on any atom is -0.335 e. The summed E-state index contributed by atoms with van der Waals surface area (Å²) in [6, 6.07) is 9.16. The standard InChI is InChI=1S/C21H21FN6O2S/c22-15-5-7-17(8-6-15)28-19(14-9-11-23-12-10-14)26-27-21(28)31-13-18(29)25-20(30)24-16-3-1-2-4-16/h5-12,16H,1-4,13H2,(H2,24,25,29,30). The highest BCUT2D eigenvalue weighted by Crippen LogP contribution is 2.27. The molecule has 1 aliphatic carbocycles. The lowest BCUT2D eigenvalue weighted by molar-refractivity contribution is -0.117. The zero-order chi connectivity index (χ0) is 21.6. The highest BCUT2D eigenvalue weighted by molar-refractivity contribution is 7.99. The van der Waals surface area contributed by atoms with Crippen LogP contribution in [-0.4, -0.2) is 43.5 Å². The van der Waals surface area contributed by atoms with E-state index >= 15 is 0 Å². The zero-order valence-electron chi connectivity index (χ0n) is 16.6. The van der Waals surface area contributed by atoms with Gasteiger partial charge in [-0.05, 0) is 49.2 Å². The molecule has 160 valence electrons. The van der Waals surface area contributed by atoms with Gasteiger partial charge in [-0.2, -0.15) is 0 Å². The Morgan fingerprint density at radius 3 is 2.48 bits per heavy atom. The molecule has 0 spiro atoms. The molecule has 4 rings (SSSR count). The van der Waals surface area contributed by atoms with E-state index in [9.17, 15) is 14.0 Å². The van der Waals surface area contributed by atoms with E-state index < -0.39 is 11.9 Å². The third kappa shape index (κ3) is 5.26. The first-order valence-electron chi connectivity index (χ1n) is 9.95. The molecule has 8 nitrogen and oxygen atoms in total. The van der Waals surface area contributed by atoms with Crippen LogP contribution >= 0.6 is 11.8 Å². The molecule has 31 heavy (non-hydrogen) atoms. The van der Waals surface area contributed by atoms with Gasteiger partial charge in [-0.15, -0.1) is 10.2 Å². The van der Waals surface area contributed by atoms with Gasteiger partial charge < -0.3 is 5.32 Å². The predicted molar refractivity (Wildman–Crippen MR) is 114 cm³/mol. The summed E-state index contributed by atoms with van der Waals surface area (Å²) in [4.78, 5) is 28.3. The summed E-state index contributed by atoms with van der Waals surface area (Å²) in [5.74, 6) is -0.270. The van der Waals surface area contributed by atoms with Crippen LogP contribution in [0.25, 0.3) is 17.1 Å². The van der Waals surface area contributed by atoms with E-state index in [1.165, 1.54) is 12.1 Å². The van der Waals surface area contributed by atoms with Crippen LogP contribution in [0.5, 0.6) is 0 Å². The van der Waals surface area contributed by atoms with Gasteiger partial charge in [0.25, 0.3) is 0 Å². The minimum absolute atomic E-state index is 0.0201. The smallest absolute Gasteiger partial charge is 0.321 e. The van der Waals surface area contributed by atoms with E-state index in [0.717, 1.165) is 43.0 Å². The van der Waals surface area contributed by atoms with Gasteiger partial charge in [0.15, 0.2) is 11.0 Å². The molecule has 3 amide bonds. The number of urea groups is 1. The Morgan fingerprint density at radius 2 is 1.77 bits per heavy atom. The van der Waals surface area contributed by atoms with Crippen LogP contribution in [0.15, 0.2) is 53.9 Å². The van der Waals surface area contributed by atoms with Gasteiger partial charge in [-0.25, -0.2) is 9.18 Å². The number of carbonyl (C=O) groups is 2. The second kappa shape index (κ2) is 9.69. The quantitative estimate of drug-likeness (QED) is 0.570. The first-order valence-corrected chi connectivity index (χ1v) is 10.9. The van der Waals surface area contributed by atoms with Crippen LogP contribution in [0.3, 0.4) is 0 Å². The Balaban J connectivity index is 1.48. The second-order valence-corrected chi connectivity index (χ2v) is 8.09. The molecular weight excluding hydrogens is 419 g/mol. The van der Waals surface area contributed by atoms with Crippen molar-refractivity contribution in [2.75, 3.05) is 5.75 Å². The summed E-state index contributed by atoms with van der Waals surface area (Å²) in [6.45, 7) is 0. The number of hydrogen-bond donors (Lipinski definition) is 2. The Labute approximate surface area is 182 Å². The Hall–Kier alpha value is -3.27. The highest BCUT2D eigenvalue weighted by atomic mass is 32.2. The van der Waals surface area contributed by atoms with Crippen LogP contribution in [-0.2, 0) is 4.79 Å². The molecule has 2 N–H and O–H groups in total. The molecule has 0 atom stereocenters. The van der Waals surface area contributed by atoms with Crippen molar-refractivity contribution < 1.29 is 14.0 Å². The maximum Gasteiger partial charge on any atom is 0.321 e. The van der Waals surface area contributed by atoms with Gasteiger partial charge in [0, 0.05) is 29.7 Å². The van der Waals surface area contributed by atoms with E-state index in [-0.39, 0.29) is 17.6 Å². The van der Waals surface area contributed by atoms with Crippen molar-refractivity contribution >= 4 is 23.7 Å². The second-order valence-electron chi connectivity index (χ2n) is 7.15. The summed E-state index contributed by atoms with van der Waals surface area (Å²) < 4.78 is 15.2. The highest BCUT2D eigenvalue weighted by Gasteiger charge is 2.20. The number of hydrogen-bond acceptors (Lipinski definition) is 6. The third-order valence-corrected chi connectivity index (χ3v) is 5.86. The summed E-state index contributed by atoms with van der Waals surface area (Å²) >= 11 is 1.14. The summed E-state index contributed by atoms with van der Waals surface area (Å²) in [7, 11) is 0. The van der Waals surface area contributed by atoms with E-state index in [1.54, 1.807) is 41.2 Å². The Bertz CT molecular complexity index is 1050. The molecular formula is C21H21FN6O2S. The third-order valence-electron chi connectivity index (χ3n) is 4.93. The van der Waals surface area contributed by atoms with Crippen molar-refractivity contribution in [1.29, 1.82) is 0 Å². The van der Waals surface area contributed by atoms with Crippen molar-refractivity contribution in [1.82, 2.24) is 30.4 Å². The van der Waals surface area contributed by atoms with Crippen LogP contribution in [0, 0.1) is 5.82 Å².